The monoisotopic (exact) mass is 377 g/mol. The summed E-state index contributed by atoms with van der Waals surface area (Å²) in [6.07, 6.45) is 3.25. The third kappa shape index (κ3) is 5.73. The highest BCUT2D eigenvalue weighted by atomic mass is 35.5. The number of hydrogen-bond donors (Lipinski definition) is 1. The van der Waals surface area contributed by atoms with E-state index in [1.165, 1.54) is 6.08 Å². The summed E-state index contributed by atoms with van der Waals surface area (Å²) in [6.45, 7) is 2.44. The minimum atomic E-state index is -0.209. The van der Waals surface area contributed by atoms with E-state index in [9.17, 15) is 4.79 Å². The van der Waals surface area contributed by atoms with Crippen LogP contribution in [0, 0.1) is 6.92 Å². The lowest BCUT2D eigenvalue weighted by molar-refractivity contribution is -0.111. The van der Waals surface area contributed by atoms with E-state index in [4.69, 9.17) is 16.3 Å². The quantitative estimate of drug-likeness (QED) is 0.545. The third-order valence-electron chi connectivity index (χ3n) is 3.99. The molecule has 136 valence electrons. The van der Waals surface area contributed by atoms with E-state index in [1.807, 2.05) is 73.7 Å². The highest BCUT2D eigenvalue weighted by molar-refractivity contribution is 6.31. The molecule has 0 aromatic heterocycles. The summed E-state index contributed by atoms with van der Waals surface area (Å²) in [4.78, 5) is 12.0. The van der Waals surface area contributed by atoms with Gasteiger partial charge in [-0.15, -0.1) is 0 Å². The fourth-order valence-electron chi connectivity index (χ4n) is 2.44. The SMILES string of the molecule is Cc1ccc(NC(=O)C=Cc2ccc(OCc3ccccc3)cc2)cc1Cl. The summed E-state index contributed by atoms with van der Waals surface area (Å²) in [5.41, 5.74) is 3.68. The molecular weight excluding hydrogens is 358 g/mol. The largest absolute Gasteiger partial charge is 0.489 e. The lowest BCUT2D eigenvalue weighted by Crippen LogP contribution is -2.07. The van der Waals surface area contributed by atoms with Crippen LogP contribution in [0.3, 0.4) is 0 Å². The van der Waals surface area contributed by atoms with E-state index in [1.54, 1.807) is 12.1 Å². The second-order valence-corrected chi connectivity index (χ2v) is 6.54. The number of benzene rings is 3. The first-order valence-electron chi connectivity index (χ1n) is 8.62. The summed E-state index contributed by atoms with van der Waals surface area (Å²) >= 11 is 6.07. The van der Waals surface area contributed by atoms with E-state index in [0.717, 1.165) is 22.4 Å². The molecule has 27 heavy (non-hydrogen) atoms. The van der Waals surface area contributed by atoms with Crippen LogP contribution in [0.25, 0.3) is 6.08 Å². The second-order valence-electron chi connectivity index (χ2n) is 6.13. The average Bonchev–Trinajstić information content (AvgIpc) is 2.69. The van der Waals surface area contributed by atoms with Crippen molar-refractivity contribution in [1.82, 2.24) is 0 Å². The number of halogens is 1. The van der Waals surface area contributed by atoms with Gasteiger partial charge in [-0.3, -0.25) is 4.79 Å². The van der Waals surface area contributed by atoms with E-state index in [2.05, 4.69) is 5.32 Å². The molecule has 0 atom stereocenters. The number of nitrogens with one attached hydrogen (secondary N) is 1. The van der Waals surface area contributed by atoms with Crippen molar-refractivity contribution < 1.29 is 9.53 Å². The summed E-state index contributed by atoms with van der Waals surface area (Å²) in [5.74, 6) is 0.578. The minimum absolute atomic E-state index is 0.209. The molecule has 1 amide bonds. The molecule has 0 aliphatic carbocycles. The molecule has 0 saturated heterocycles. The number of carbonyl (C=O) groups is 1. The van der Waals surface area contributed by atoms with Crippen LogP contribution in [0.2, 0.25) is 5.02 Å². The zero-order chi connectivity index (χ0) is 19.1. The topological polar surface area (TPSA) is 38.3 Å². The van der Waals surface area contributed by atoms with E-state index >= 15 is 0 Å². The lowest BCUT2D eigenvalue weighted by Gasteiger charge is -2.06. The smallest absolute Gasteiger partial charge is 0.248 e. The second kappa shape index (κ2) is 9.06. The molecular formula is C23H20ClNO2. The number of hydrogen-bond acceptors (Lipinski definition) is 2. The van der Waals surface area contributed by atoms with Gasteiger partial charge >= 0.3 is 0 Å². The Morgan fingerprint density at radius 1 is 1.04 bits per heavy atom. The molecule has 1 N–H and O–H groups in total. The Morgan fingerprint density at radius 3 is 2.48 bits per heavy atom. The van der Waals surface area contributed by atoms with Gasteiger partial charge in [0.25, 0.3) is 0 Å². The Morgan fingerprint density at radius 2 is 1.78 bits per heavy atom. The first kappa shape index (κ1) is 18.7. The van der Waals surface area contributed by atoms with Crippen molar-refractivity contribution >= 4 is 29.3 Å². The molecule has 0 aliphatic rings. The van der Waals surface area contributed by atoms with Crippen LogP contribution in [0.1, 0.15) is 16.7 Å². The molecule has 0 radical (unpaired) electrons. The number of rotatable bonds is 6. The number of carbonyl (C=O) groups excluding carboxylic acids is 1. The Bertz CT molecular complexity index is 934. The predicted octanol–water partition coefficient (Wildman–Crippen LogP) is 5.88. The molecule has 0 heterocycles. The van der Waals surface area contributed by atoms with Crippen molar-refractivity contribution in [2.75, 3.05) is 5.32 Å². The van der Waals surface area contributed by atoms with Crippen molar-refractivity contribution in [3.05, 3.63) is 101 Å². The van der Waals surface area contributed by atoms with Crippen LogP contribution in [-0.4, -0.2) is 5.91 Å². The fraction of sp³-hybridized carbons (Fsp3) is 0.0870. The molecule has 4 heteroatoms. The molecule has 0 unspecified atom stereocenters. The van der Waals surface area contributed by atoms with Crippen LogP contribution in [0.4, 0.5) is 5.69 Å². The minimum Gasteiger partial charge on any atom is -0.489 e. The van der Waals surface area contributed by atoms with Crippen LogP contribution in [0.15, 0.2) is 78.9 Å². The van der Waals surface area contributed by atoms with Crippen molar-refractivity contribution in [2.45, 2.75) is 13.5 Å². The van der Waals surface area contributed by atoms with Gasteiger partial charge in [0.05, 0.1) is 0 Å². The van der Waals surface area contributed by atoms with Crippen LogP contribution < -0.4 is 10.1 Å². The molecule has 0 fully saturated rings. The Labute approximate surface area is 164 Å². The molecule has 0 saturated carbocycles. The van der Waals surface area contributed by atoms with Gasteiger partial charge in [0.2, 0.25) is 5.91 Å². The van der Waals surface area contributed by atoms with E-state index in [-0.39, 0.29) is 5.91 Å². The maximum atomic E-state index is 12.0. The highest BCUT2D eigenvalue weighted by Crippen LogP contribution is 2.20. The fourth-order valence-corrected chi connectivity index (χ4v) is 2.62. The van der Waals surface area contributed by atoms with Crippen molar-refractivity contribution in [3.8, 4) is 5.75 Å². The molecule has 3 rings (SSSR count). The Kier molecular flexibility index (Phi) is 6.29. The third-order valence-corrected chi connectivity index (χ3v) is 4.40. The van der Waals surface area contributed by atoms with E-state index < -0.39 is 0 Å². The molecule has 3 nitrogen and oxygen atoms in total. The van der Waals surface area contributed by atoms with Gasteiger partial charge in [-0.2, -0.15) is 0 Å². The number of aryl methyl sites for hydroxylation is 1. The highest BCUT2D eigenvalue weighted by Gasteiger charge is 2.01. The molecule has 0 spiro atoms. The standard InChI is InChI=1S/C23H20ClNO2/c1-17-7-11-20(15-22(17)24)25-23(26)14-10-18-8-12-21(13-9-18)27-16-19-5-3-2-4-6-19/h2-15H,16H2,1H3,(H,25,26). The lowest BCUT2D eigenvalue weighted by atomic mass is 10.2. The maximum absolute atomic E-state index is 12.0. The molecule has 0 aliphatic heterocycles. The van der Waals surface area contributed by atoms with Gasteiger partial charge in [-0.1, -0.05) is 60.1 Å². The summed E-state index contributed by atoms with van der Waals surface area (Å²) in [7, 11) is 0. The normalized spacial score (nSPS) is 10.7. The van der Waals surface area contributed by atoms with Crippen LogP contribution >= 0.6 is 11.6 Å². The zero-order valence-electron chi connectivity index (χ0n) is 15.0. The van der Waals surface area contributed by atoms with Gasteiger partial charge in [-0.05, 0) is 54.0 Å². The average molecular weight is 378 g/mol. The van der Waals surface area contributed by atoms with Crippen molar-refractivity contribution in [2.24, 2.45) is 0 Å². The van der Waals surface area contributed by atoms with Gasteiger partial charge in [0.1, 0.15) is 12.4 Å². The maximum Gasteiger partial charge on any atom is 0.248 e. The van der Waals surface area contributed by atoms with Gasteiger partial charge in [0.15, 0.2) is 0 Å². The first-order chi connectivity index (χ1) is 13.1. The van der Waals surface area contributed by atoms with Gasteiger partial charge in [-0.25, -0.2) is 0 Å². The summed E-state index contributed by atoms with van der Waals surface area (Å²) < 4.78 is 5.76. The molecule has 3 aromatic carbocycles. The Hall–Kier alpha value is -3.04. The van der Waals surface area contributed by atoms with Crippen LogP contribution in [-0.2, 0) is 11.4 Å². The molecule has 3 aromatic rings. The first-order valence-corrected chi connectivity index (χ1v) is 9.00. The van der Waals surface area contributed by atoms with Crippen molar-refractivity contribution in [3.63, 3.8) is 0 Å². The number of anilines is 1. The zero-order valence-corrected chi connectivity index (χ0v) is 15.7. The van der Waals surface area contributed by atoms with Crippen molar-refractivity contribution in [1.29, 1.82) is 0 Å². The summed E-state index contributed by atoms with van der Waals surface area (Å²) in [6, 6.07) is 23.0. The Balaban J connectivity index is 1.53. The van der Waals surface area contributed by atoms with Gasteiger partial charge < -0.3 is 10.1 Å². The number of amides is 1. The predicted molar refractivity (Wildman–Crippen MR) is 111 cm³/mol. The summed E-state index contributed by atoms with van der Waals surface area (Å²) in [5, 5.41) is 3.42. The van der Waals surface area contributed by atoms with E-state index in [0.29, 0.717) is 17.3 Å². The molecule has 0 bridgehead atoms. The number of ether oxygens (including phenoxy) is 1. The van der Waals surface area contributed by atoms with Crippen LogP contribution in [0.5, 0.6) is 5.75 Å². The van der Waals surface area contributed by atoms with Gasteiger partial charge in [0, 0.05) is 16.8 Å².